The number of halogens is 2. The van der Waals surface area contributed by atoms with Crippen molar-refractivity contribution in [2.24, 2.45) is 0 Å². The number of benzene rings is 1. The Morgan fingerprint density at radius 1 is 1.35 bits per heavy atom. The molecule has 0 aliphatic heterocycles. The molecule has 0 unspecified atom stereocenters. The molecule has 0 aliphatic rings. The minimum Gasteiger partial charge on any atom is -0.347 e. The van der Waals surface area contributed by atoms with Gasteiger partial charge in [0, 0.05) is 26.8 Å². The number of hydrogen-bond donors (Lipinski definition) is 1. The lowest BCUT2D eigenvalue weighted by Gasteiger charge is -2.25. The molecular weight excluding hydrogens is 321 g/mol. The van der Waals surface area contributed by atoms with Gasteiger partial charge >= 0.3 is 0 Å². The Kier molecular flexibility index (Phi) is 5.11. The van der Waals surface area contributed by atoms with Crippen LogP contribution in [0.25, 0.3) is 0 Å². The molecule has 0 saturated heterocycles. The fourth-order valence-electron chi connectivity index (χ4n) is 1.49. The molecule has 0 aliphatic carbocycles. The second-order valence-electron chi connectivity index (χ2n) is 5.21. The van der Waals surface area contributed by atoms with Crippen molar-refractivity contribution in [3.8, 4) is 0 Å². The molecule has 20 heavy (non-hydrogen) atoms. The Morgan fingerprint density at radius 3 is 2.35 bits per heavy atom. The van der Waals surface area contributed by atoms with E-state index in [0.717, 1.165) is 6.42 Å². The monoisotopic (exact) mass is 337 g/mol. The van der Waals surface area contributed by atoms with Crippen LogP contribution in [-0.2, 0) is 9.05 Å². The number of hydrogen-bond acceptors (Lipinski definition) is 3. The van der Waals surface area contributed by atoms with Crippen molar-refractivity contribution in [3.05, 3.63) is 28.3 Å². The number of amides is 1. The second kappa shape index (κ2) is 5.92. The lowest BCUT2D eigenvalue weighted by Crippen LogP contribution is -2.43. The van der Waals surface area contributed by atoms with Crippen LogP contribution in [0.2, 0.25) is 5.02 Å². The Morgan fingerprint density at radius 2 is 1.90 bits per heavy atom. The van der Waals surface area contributed by atoms with Crippen molar-refractivity contribution in [1.29, 1.82) is 0 Å². The van der Waals surface area contributed by atoms with E-state index in [-0.39, 0.29) is 21.4 Å². The molecule has 112 valence electrons. The van der Waals surface area contributed by atoms with Crippen molar-refractivity contribution >= 4 is 37.2 Å². The molecular formula is C13H17Cl2NO3S. The van der Waals surface area contributed by atoms with E-state index in [1.54, 1.807) is 6.92 Å². The Labute approximate surface area is 128 Å². The molecule has 0 spiro atoms. The highest BCUT2D eigenvalue weighted by Gasteiger charge is 2.23. The first-order chi connectivity index (χ1) is 8.98. The smallest absolute Gasteiger partial charge is 0.261 e. The van der Waals surface area contributed by atoms with E-state index in [1.165, 1.54) is 12.1 Å². The predicted octanol–water partition coefficient (Wildman–Crippen LogP) is 3.49. The van der Waals surface area contributed by atoms with Crippen LogP contribution in [0.4, 0.5) is 0 Å². The van der Waals surface area contributed by atoms with E-state index in [1.807, 2.05) is 20.8 Å². The van der Waals surface area contributed by atoms with E-state index < -0.39 is 14.6 Å². The Hall–Kier alpha value is -0.780. The van der Waals surface area contributed by atoms with Crippen molar-refractivity contribution in [2.75, 3.05) is 0 Å². The molecule has 1 aromatic rings. The summed E-state index contributed by atoms with van der Waals surface area (Å²) in [6.45, 7) is 7.36. The summed E-state index contributed by atoms with van der Waals surface area (Å²) in [5.74, 6) is -0.376. The SMILES string of the molecule is CCC(C)(C)NC(=O)c1cc(S(=O)(=O)Cl)cc(Cl)c1C. The third-order valence-corrected chi connectivity index (χ3v) is 4.91. The maximum absolute atomic E-state index is 12.3. The second-order valence-corrected chi connectivity index (χ2v) is 8.18. The highest BCUT2D eigenvalue weighted by atomic mass is 35.7. The molecule has 1 amide bonds. The van der Waals surface area contributed by atoms with Gasteiger partial charge in [-0.1, -0.05) is 18.5 Å². The van der Waals surface area contributed by atoms with Crippen molar-refractivity contribution < 1.29 is 13.2 Å². The molecule has 0 saturated carbocycles. The number of carbonyl (C=O) groups is 1. The maximum atomic E-state index is 12.3. The molecule has 0 heterocycles. The van der Waals surface area contributed by atoms with Crippen LogP contribution in [0.5, 0.6) is 0 Å². The number of rotatable bonds is 4. The summed E-state index contributed by atoms with van der Waals surface area (Å²) in [7, 11) is 1.36. The lowest BCUT2D eigenvalue weighted by molar-refractivity contribution is 0.0910. The molecule has 7 heteroatoms. The Balaban J connectivity index is 3.31. The largest absolute Gasteiger partial charge is 0.347 e. The van der Waals surface area contributed by atoms with Crippen molar-refractivity contribution in [3.63, 3.8) is 0 Å². The molecule has 4 nitrogen and oxygen atoms in total. The van der Waals surface area contributed by atoms with Gasteiger partial charge in [0.15, 0.2) is 0 Å². The number of nitrogens with one attached hydrogen (secondary N) is 1. The summed E-state index contributed by atoms with van der Waals surface area (Å²) in [6.07, 6.45) is 0.735. The third kappa shape index (κ3) is 4.11. The first kappa shape index (κ1) is 17.3. The molecule has 0 radical (unpaired) electrons. The normalized spacial score (nSPS) is 12.3. The van der Waals surface area contributed by atoms with Gasteiger partial charge in [0.25, 0.3) is 15.0 Å². The summed E-state index contributed by atoms with van der Waals surface area (Å²) >= 11 is 5.97. The average molecular weight is 338 g/mol. The van der Waals surface area contributed by atoms with E-state index in [0.29, 0.717) is 5.56 Å². The average Bonchev–Trinajstić information content (AvgIpc) is 2.30. The first-order valence-corrected chi connectivity index (χ1v) is 8.74. The van der Waals surface area contributed by atoms with Crippen LogP contribution in [0.15, 0.2) is 17.0 Å². The van der Waals surface area contributed by atoms with Gasteiger partial charge < -0.3 is 5.32 Å². The highest BCUT2D eigenvalue weighted by Crippen LogP contribution is 2.26. The van der Waals surface area contributed by atoms with Gasteiger partial charge in [0.1, 0.15) is 0 Å². The van der Waals surface area contributed by atoms with Gasteiger partial charge in [0.05, 0.1) is 4.90 Å². The van der Waals surface area contributed by atoms with E-state index in [9.17, 15) is 13.2 Å². The summed E-state index contributed by atoms with van der Waals surface area (Å²) in [4.78, 5) is 12.1. The van der Waals surface area contributed by atoms with Gasteiger partial charge in [-0.2, -0.15) is 0 Å². The highest BCUT2D eigenvalue weighted by molar-refractivity contribution is 8.13. The van der Waals surface area contributed by atoms with E-state index in [2.05, 4.69) is 5.32 Å². The minimum absolute atomic E-state index is 0.186. The zero-order valence-electron chi connectivity index (χ0n) is 11.8. The zero-order chi connectivity index (χ0) is 15.7. The summed E-state index contributed by atoms with van der Waals surface area (Å²) in [5, 5.41) is 3.02. The first-order valence-electron chi connectivity index (χ1n) is 6.05. The zero-order valence-corrected chi connectivity index (χ0v) is 14.1. The molecule has 1 N–H and O–H groups in total. The van der Waals surface area contributed by atoms with Gasteiger partial charge in [-0.05, 0) is 44.9 Å². The molecule has 0 aromatic heterocycles. The van der Waals surface area contributed by atoms with Crippen LogP contribution in [0.3, 0.4) is 0 Å². The van der Waals surface area contributed by atoms with Gasteiger partial charge in [-0.25, -0.2) is 8.42 Å². The Bertz CT molecular complexity index is 639. The van der Waals surface area contributed by atoms with Crippen molar-refractivity contribution in [1.82, 2.24) is 5.32 Å². The predicted molar refractivity (Wildman–Crippen MR) is 81.1 cm³/mol. The van der Waals surface area contributed by atoms with Gasteiger partial charge in [-0.3, -0.25) is 4.79 Å². The van der Waals surface area contributed by atoms with Gasteiger partial charge in [0.2, 0.25) is 0 Å². The van der Waals surface area contributed by atoms with E-state index >= 15 is 0 Å². The molecule has 1 aromatic carbocycles. The third-order valence-electron chi connectivity index (χ3n) is 3.18. The molecule has 0 fully saturated rings. The summed E-state index contributed by atoms with van der Waals surface area (Å²) in [6, 6.07) is 2.48. The summed E-state index contributed by atoms with van der Waals surface area (Å²) in [5.41, 5.74) is 0.324. The fourth-order valence-corrected chi connectivity index (χ4v) is 2.56. The van der Waals surface area contributed by atoms with Crippen molar-refractivity contribution in [2.45, 2.75) is 44.6 Å². The standard InChI is InChI=1S/C13H17Cl2NO3S/c1-5-13(3,4)16-12(17)10-6-9(20(15,18)19)7-11(14)8(10)2/h6-7H,5H2,1-4H3,(H,16,17). The van der Waals surface area contributed by atoms with Crippen LogP contribution in [0, 0.1) is 6.92 Å². The number of carbonyl (C=O) groups excluding carboxylic acids is 1. The quantitative estimate of drug-likeness (QED) is 0.855. The van der Waals surface area contributed by atoms with Crippen LogP contribution < -0.4 is 5.32 Å². The summed E-state index contributed by atoms with van der Waals surface area (Å²) < 4.78 is 22.8. The topological polar surface area (TPSA) is 63.2 Å². The van der Waals surface area contributed by atoms with Crippen LogP contribution in [0.1, 0.15) is 43.1 Å². The van der Waals surface area contributed by atoms with E-state index in [4.69, 9.17) is 22.3 Å². The fraction of sp³-hybridized carbons (Fsp3) is 0.462. The molecule has 0 bridgehead atoms. The van der Waals surface area contributed by atoms with Crippen LogP contribution >= 0.6 is 22.3 Å². The van der Waals surface area contributed by atoms with Crippen LogP contribution in [-0.4, -0.2) is 19.9 Å². The maximum Gasteiger partial charge on any atom is 0.261 e. The molecule has 1 rings (SSSR count). The van der Waals surface area contributed by atoms with Gasteiger partial charge in [-0.15, -0.1) is 0 Å². The lowest BCUT2D eigenvalue weighted by atomic mass is 10.0. The molecule has 0 atom stereocenters. The minimum atomic E-state index is -3.94.